The van der Waals surface area contributed by atoms with E-state index >= 15 is 0 Å². The normalized spacial score (nSPS) is 15.7. The first-order valence-corrected chi connectivity index (χ1v) is 8.91. The van der Waals surface area contributed by atoms with Crippen LogP contribution in [0.1, 0.15) is 11.3 Å². The second kappa shape index (κ2) is 5.93. The summed E-state index contributed by atoms with van der Waals surface area (Å²) in [7, 11) is 0. The minimum atomic E-state index is -0.548. The van der Waals surface area contributed by atoms with Gasteiger partial charge in [0.05, 0.1) is 5.69 Å². The van der Waals surface area contributed by atoms with Crippen molar-refractivity contribution in [3.63, 3.8) is 0 Å². The number of aromatic nitrogens is 2. The summed E-state index contributed by atoms with van der Waals surface area (Å²) < 4.78 is 15.5. The Morgan fingerprint density at radius 2 is 1.89 bits per heavy atom. The zero-order valence-electron chi connectivity index (χ0n) is 14.8. The lowest BCUT2D eigenvalue weighted by molar-refractivity contribution is 0.212. The molecular formula is C22H18FN3O. The first kappa shape index (κ1) is 16.0. The SMILES string of the molecule is Cc1ccc2cc(-c3ccc(F)cc3)n(-c3ccc4c(c3)CC(O)N4)c2n1. The molecule has 2 N–H and O–H groups in total. The van der Waals surface area contributed by atoms with Gasteiger partial charge in [-0.3, -0.25) is 4.57 Å². The van der Waals surface area contributed by atoms with Crippen LogP contribution in [-0.2, 0) is 6.42 Å². The Kier molecular flexibility index (Phi) is 3.52. The number of rotatable bonds is 2. The molecule has 0 saturated heterocycles. The maximum atomic E-state index is 13.4. The molecule has 27 heavy (non-hydrogen) atoms. The predicted molar refractivity (Wildman–Crippen MR) is 105 cm³/mol. The van der Waals surface area contributed by atoms with Gasteiger partial charge in [0, 0.05) is 28.9 Å². The molecule has 2 aromatic heterocycles. The highest BCUT2D eigenvalue weighted by Crippen LogP contribution is 2.34. The van der Waals surface area contributed by atoms with Crippen molar-refractivity contribution in [1.82, 2.24) is 9.55 Å². The number of nitrogens with one attached hydrogen (secondary N) is 1. The number of nitrogens with zero attached hydrogens (tertiary/aromatic N) is 2. The molecule has 1 aliphatic rings. The van der Waals surface area contributed by atoms with E-state index in [2.05, 4.69) is 28.1 Å². The molecular weight excluding hydrogens is 341 g/mol. The van der Waals surface area contributed by atoms with Gasteiger partial charge in [-0.25, -0.2) is 9.37 Å². The van der Waals surface area contributed by atoms with E-state index in [0.29, 0.717) is 6.42 Å². The van der Waals surface area contributed by atoms with Crippen molar-refractivity contribution in [1.29, 1.82) is 0 Å². The average Bonchev–Trinajstić information content (AvgIpc) is 3.20. The molecule has 0 radical (unpaired) electrons. The van der Waals surface area contributed by atoms with Gasteiger partial charge in [0.2, 0.25) is 0 Å². The summed E-state index contributed by atoms with van der Waals surface area (Å²) in [5.41, 5.74) is 6.67. The van der Waals surface area contributed by atoms with Crippen molar-refractivity contribution in [2.75, 3.05) is 5.32 Å². The molecule has 0 fully saturated rings. The van der Waals surface area contributed by atoms with Crippen molar-refractivity contribution in [3.05, 3.63) is 77.7 Å². The van der Waals surface area contributed by atoms with E-state index in [0.717, 1.165) is 44.9 Å². The third-order valence-corrected chi connectivity index (χ3v) is 5.01. The molecule has 5 heteroatoms. The minimum Gasteiger partial charge on any atom is -0.373 e. The van der Waals surface area contributed by atoms with Gasteiger partial charge < -0.3 is 10.4 Å². The summed E-state index contributed by atoms with van der Waals surface area (Å²) in [5, 5.41) is 14.0. The van der Waals surface area contributed by atoms with Crippen molar-refractivity contribution >= 4 is 16.7 Å². The molecule has 2 aromatic carbocycles. The van der Waals surface area contributed by atoms with E-state index in [-0.39, 0.29) is 5.82 Å². The van der Waals surface area contributed by atoms with Gasteiger partial charge in [-0.2, -0.15) is 0 Å². The van der Waals surface area contributed by atoms with Crippen molar-refractivity contribution in [2.45, 2.75) is 19.6 Å². The van der Waals surface area contributed by atoms with Crippen LogP contribution >= 0.6 is 0 Å². The van der Waals surface area contributed by atoms with E-state index in [1.165, 1.54) is 12.1 Å². The highest BCUT2D eigenvalue weighted by Gasteiger charge is 2.20. The molecule has 134 valence electrons. The van der Waals surface area contributed by atoms with Crippen LogP contribution in [0.3, 0.4) is 0 Å². The fourth-order valence-corrected chi connectivity index (χ4v) is 3.73. The number of halogens is 1. The van der Waals surface area contributed by atoms with Crippen molar-refractivity contribution in [2.24, 2.45) is 0 Å². The van der Waals surface area contributed by atoms with Crippen LogP contribution in [0, 0.1) is 12.7 Å². The Morgan fingerprint density at radius 3 is 2.70 bits per heavy atom. The lowest BCUT2D eigenvalue weighted by Crippen LogP contribution is -2.12. The van der Waals surface area contributed by atoms with Crippen molar-refractivity contribution in [3.8, 4) is 16.9 Å². The van der Waals surface area contributed by atoms with Gasteiger partial charge in [0.25, 0.3) is 0 Å². The summed E-state index contributed by atoms with van der Waals surface area (Å²) in [6.45, 7) is 1.97. The first-order valence-electron chi connectivity index (χ1n) is 8.91. The number of aliphatic hydroxyl groups is 1. The van der Waals surface area contributed by atoms with Gasteiger partial charge in [0.1, 0.15) is 17.7 Å². The maximum Gasteiger partial charge on any atom is 0.145 e. The highest BCUT2D eigenvalue weighted by atomic mass is 19.1. The van der Waals surface area contributed by atoms with Crippen molar-refractivity contribution < 1.29 is 9.50 Å². The summed E-state index contributed by atoms with van der Waals surface area (Å²) in [5.74, 6) is -0.257. The molecule has 0 aliphatic carbocycles. The Balaban J connectivity index is 1.77. The molecule has 3 heterocycles. The third-order valence-electron chi connectivity index (χ3n) is 5.01. The summed E-state index contributed by atoms with van der Waals surface area (Å²) >= 11 is 0. The molecule has 5 rings (SSSR count). The molecule has 1 atom stereocenters. The molecule has 1 aliphatic heterocycles. The Bertz CT molecular complexity index is 1160. The zero-order chi connectivity index (χ0) is 18.5. The Labute approximate surface area is 155 Å². The molecule has 4 nitrogen and oxygen atoms in total. The van der Waals surface area contributed by atoms with Gasteiger partial charge in [0.15, 0.2) is 0 Å². The smallest absolute Gasteiger partial charge is 0.145 e. The number of benzene rings is 2. The second-order valence-corrected chi connectivity index (χ2v) is 6.94. The minimum absolute atomic E-state index is 0.257. The van der Waals surface area contributed by atoms with Gasteiger partial charge in [-0.15, -0.1) is 0 Å². The standard InChI is InChI=1S/C22H18FN3O/c1-13-2-3-15-11-20(14-4-6-17(23)7-5-14)26(22(15)24-13)18-8-9-19-16(10-18)12-21(27)25-19/h2-11,21,25,27H,12H2,1H3. The Hall–Kier alpha value is -3.18. The molecule has 0 spiro atoms. The molecule has 4 aromatic rings. The number of hydrogen-bond acceptors (Lipinski definition) is 3. The maximum absolute atomic E-state index is 13.4. The van der Waals surface area contributed by atoms with E-state index in [1.54, 1.807) is 12.1 Å². The summed E-state index contributed by atoms with van der Waals surface area (Å²) in [6, 6.07) is 18.7. The fraction of sp³-hybridized carbons (Fsp3) is 0.136. The number of anilines is 1. The number of hydrogen-bond donors (Lipinski definition) is 2. The fourth-order valence-electron chi connectivity index (χ4n) is 3.73. The first-order chi connectivity index (χ1) is 13.1. The number of fused-ring (bicyclic) bond motifs is 2. The topological polar surface area (TPSA) is 50.1 Å². The molecule has 0 amide bonds. The lowest BCUT2D eigenvalue weighted by Gasteiger charge is -2.12. The zero-order valence-corrected chi connectivity index (χ0v) is 14.8. The number of aryl methyl sites for hydroxylation is 1. The largest absolute Gasteiger partial charge is 0.373 e. The van der Waals surface area contributed by atoms with Crippen LogP contribution in [-0.4, -0.2) is 20.9 Å². The van der Waals surface area contributed by atoms with Gasteiger partial charge in [-0.05, 0) is 78.7 Å². The van der Waals surface area contributed by atoms with Crippen LogP contribution in [0.2, 0.25) is 0 Å². The molecule has 0 bridgehead atoms. The average molecular weight is 359 g/mol. The summed E-state index contributed by atoms with van der Waals surface area (Å²) in [6.07, 6.45) is 0.0226. The lowest BCUT2D eigenvalue weighted by atomic mass is 10.1. The number of aliphatic hydroxyl groups excluding tert-OH is 1. The van der Waals surface area contributed by atoms with E-state index in [9.17, 15) is 9.50 Å². The van der Waals surface area contributed by atoms with Crippen LogP contribution in [0.25, 0.3) is 28.0 Å². The second-order valence-electron chi connectivity index (χ2n) is 6.94. The van der Waals surface area contributed by atoms with Gasteiger partial charge >= 0.3 is 0 Å². The Morgan fingerprint density at radius 1 is 1.07 bits per heavy atom. The van der Waals surface area contributed by atoms with Crippen LogP contribution < -0.4 is 5.32 Å². The van der Waals surface area contributed by atoms with E-state index in [4.69, 9.17) is 4.98 Å². The van der Waals surface area contributed by atoms with Gasteiger partial charge in [-0.1, -0.05) is 0 Å². The predicted octanol–water partition coefficient (Wildman–Crippen LogP) is 4.43. The van der Waals surface area contributed by atoms with E-state index < -0.39 is 6.23 Å². The van der Waals surface area contributed by atoms with E-state index in [1.807, 2.05) is 25.1 Å². The summed E-state index contributed by atoms with van der Waals surface area (Å²) in [4.78, 5) is 4.75. The quantitative estimate of drug-likeness (QED) is 0.557. The third kappa shape index (κ3) is 2.67. The van der Waals surface area contributed by atoms with Crippen LogP contribution in [0.15, 0.2) is 60.7 Å². The van der Waals surface area contributed by atoms with Crippen LogP contribution in [0.5, 0.6) is 0 Å². The molecule has 0 saturated carbocycles. The number of pyridine rings is 1. The monoisotopic (exact) mass is 359 g/mol. The molecule has 1 unspecified atom stereocenters. The van der Waals surface area contributed by atoms with Crippen LogP contribution in [0.4, 0.5) is 10.1 Å². The highest BCUT2D eigenvalue weighted by molar-refractivity contribution is 5.87.